The van der Waals surface area contributed by atoms with E-state index in [0.29, 0.717) is 43.5 Å². The fourth-order valence-corrected chi connectivity index (χ4v) is 4.59. The molecule has 2 aromatic carbocycles. The highest BCUT2D eigenvalue weighted by atomic mass is 35.5. The Kier molecular flexibility index (Phi) is 9.26. The Morgan fingerprint density at radius 3 is 2.51 bits per heavy atom. The monoisotopic (exact) mass is 502 g/mol. The van der Waals surface area contributed by atoms with Gasteiger partial charge in [0.05, 0.1) is 19.8 Å². The summed E-state index contributed by atoms with van der Waals surface area (Å²) >= 11 is 5.93. The van der Waals surface area contributed by atoms with Gasteiger partial charge in [-0.2, -0.15) is 0 Å². The van der Waals surface area contributed by atoms with Gasteiger partial charge in [-0.15, -0.1) is 0 Å². The molecule has 0 aliphatic carbocycles. The SMILES string of the molecule is O=C1CCCCN1CCCOc1ccc(CN2CCOC[C@](O)(COc3ccc(Cl)cc3)C2)cc1. The molecule has 35 heavy (non-hydrogen) atoms. The number of halogens is 1. The molecule has 0 aromatic heterocycles. The van der Waals surface area contributed by atoms with Crippen LogP contribution in [0.25, 0.3) is 0 Å². The number of nitrogens with zero attached hydrogens (tertiary/aromatic N) is 2. The lowest BCUT2D eigenvalue weighted by Gasteiger charge is -2.30. The van der Waals surface area contributed by atoms with Gasteiger partial charge in [0, 0.05) is 44.2 Å². The van der Waals surface area contributed by atoms with E-state index >= 15 is 0 Å². The molecule has 2 aromatic rings. The first-order chi connectivity index (χ1) is 17.0. The van der Waals surface area contributed by atoms with Crippen LogP contribution in [0.3, 0.4) is 0 Å². The van der Waals surface area contributed by atoms with Crippen molar-refractivity contribution >= 4 is 17.5 Å². The molecule has 0 radical (unpaired) electrons. The van der Waals surface area contributed by atoms with Crippen molar-refractivity contribution in [2.24, 2.45) is 0 Å². The fraction of sp³-hybridized carbons (Fsp3) is 0.519. The summed E-state index contributed by atoms with van der Waals surface area (Å²) in [5.41, 5.74) is 0.0358. The van der Waals surface area contributed by atoms with E-state index in [4.69, 9.17) is 25.8 Å². The van der Waals surface area contributed by atoms with Gasteiger partial charge in [-0.25, -0.2) is 0 Å². The average molecular weight is 503 g/mol. The lowest BCUT2D eigenvalue weighted by Crippen LogP contribution is -2.48. The fourth-order valence-electron chi connectivity index (χ4n) is 4.46. The predicted molar refractivity (Wildman–Crippen MR) is 135 cm³/mol. The number of benzene rings is 2. The van der Waals surface area contributed by atoms with Crippen molar-refractivity contribution in [1.29, 1.82) is 0 Å². The zero-order valence-corrected chi connectivity index (χ0v) is 20.9. The molecule has 1 N–H and O–H groups in total. The molecule has 2 heterocycles. The van der Waals surface area contributed by atoms with Crippen molar-refractivity contribution in [1.82, 2.24) is 9.80 Å². The maximum atomic E-state index is 11.9. The van der Waals surface area contributed by atoms with Crippen LogP contribution in [0, 0.1) is 0 Å². The first-order valence-electron chi connectivity index (χ1n) is 12.4. The van der Waals surface area contributed by atoms with Gasteiger partial charge in [-0.1, -0.05) is 23.7 Å². The van der Waals surface area contributed by atoms with Crippen LogP contribution < -0.4 is 9.47 Å². The summed E-state index contributed by atoms with van der Waals surface area (Å²) < 4.78 is 17.4. The summed E-state index contributed by atoms with van der Waals surface area (Å²) in [6.07, 6.45) is 3.62. The summed E-state index contributed by atoms with van der Waals surface area (Å²) in [5, 5.41) is 11.8. The van der Waals surface area contributed by atoms with Crippen molar-refractivity contribution in [3.05, 3.63) is 59.1 Å². The van der Waals surface area contributed by atoms with Gasteiger partial charge in [0.25, 0.3) is 0 Å². The first-order valence-corrected chi connectivity index (χ1v) is 12.8. The molecule has 1 amide bonds. The van der Waals surface area contributed by atoms with E-state index in [0.717, 1.165) is 50.2 Å². The molecule has 2 saturated heterocycles. The normalized spacial score (nSPS) is 21.5. The number of likely N-dealkylation sites (tertiary alicyclic amines) is 1. The van der Waals surface area contributed by atoms with E-state index in [-0.39, 0.29) is 19.1 Å². The summed E-state index contributed by atoms with van der Waals surface area (Å²) in [6, 6.07) is 15.2. The maximum Gasteiger partial charge on any atom is 0.222 e. The van der Waals surface area contributed by atoms with Crippen LogP contribution in [-0.4, -0.2) is 79.0 Å². The minimum absolute atomic E-state index is 0.140. The van der Waals surface area contributed by atoms with Crippen molar-refractivity contribution < 1.29 is 24.1 Å². The number of piperidine rings is 1. The van der Waals surface area contributed by atoms with E-state index in [1.165, 1.54) is 0 Å². The van der Waals surface area contributed by atoms with Crippen LogP contribution in [0.1, 0.15) is 31.2 Å². The van der Waals surface area contributed by atoms with E-state index in [2.05, 4.69) is 17.0 Å². The molecule has 0 spiro atoms. The van der Waals surface area contributed by atoms with Crippen LogP contribution in [0.5, 0.6) is 11.5 Å². The molecular formula is C27H35ClN2O5. The highest BCUT2D eigenvalue weighted by Crippen LogP contribution is 2.21. The Hall–Kier alpha value is -2.32. The van der Waals surface area contributed by atoms with Crippen LogP contribution in [0.15, 0.2) is 48.5 Å². The third kappa shape index (κ3) is 8.10. The molecule has 1 atom stereocenters. The van der Waals surface area contributed by atoms with E-state index in [9.17, 15) is 9.90 Å². The topological polar surface area (TPSA) is 71.5 Å². The summed E-state index contributed by atoms with van der Waals surface area (Å²) in [4.78, 5) is 16.0. The third-order valence-corrected chi connectivity index (χ3v) is 6.61. The van der Waals surface area contributed by atoms with Crippen LogP contribution in [-0.2, 0) is 16.1 Å². The number of aliphatic hydroxyl groups is 1. The van der Waals surface area contributed by atoms with Gasteiger partial charge < -0.3 is 24.2 Å². The molecule has 0 unspecified atom stereocenters. The largest absolute Gasteiger partial charge is 0.494 e. The molecule has 2 fully saturated rings. The number of hydrogen-bond donors (Lipinski definition) is 1. The Bertz CT molecular complexity index is 940. The Morgan fingerprint density at radius 1 is 1.00 bits per heavy atom. The number of ether oxygens (including phenoxy) is 3. The van der Waals surface area contributed by atoms with Crippen molar-refractivity contribution in [3.63, 3.8) is 0 Å². The second kappa shape index (κ2) is 12.6. The van der Waals surface area contributed by atoms with Gasteiger partial charge in [0.1, 0.15) is 23.7 Å². The lowest BCUT2D eigenvalue weighted by molar-refractivity contribution is -0.133. The maximum absolute atomic E-state index is 11.9. The molecule has 2 aliphatic rings. The number of carbonyl (C=O) groups is 1. The average Bonchev–Trinajstić information content (AvgIpc) is 3.05. The molecule has 190 valence electrons. The Morgan fingerprint density at radius 2 is 1.74 bits per heavy atom. The minimum atomic E-state index is -1.10. The van der Waals surface area contributed by atoms with Gasteiger partial charge in [0.2, 0.25) is 5.91 Å². The lowest BCUT2D eigenvalue weighted by atomic mass is 10.1. The molecule has 8 heteroatoms. The molecular weight excluding hydrogens is 468 g/mol. The quantitative estimate of drug-likeness (QED) is 0.499. The van der Waals surface area contributed by atoms with Crippen molar-refractivity contribution in [2.45, 2.75) is 37.8 Å². The van der Waals surface area contributed by atoms with Crippen molar-refractivity contribution in [2.75, 3.05) is 52.6 Å². The van der Waals surface area contributed by atoms with Gasteiger partial charge in [0.15, 0.2) is 0 Å². The van der Waals surface area contributed by atoms with Crippen LogP contribution in [0.2, 0.25) is 5.02 Å². The molecule has 7 nitrogen and oxygen atoms in total. The predicted octanol–water partition coefficient (Wildman–Crippen LogP) is 3.76. The zero-order chi connectivity index (χ0) is 24.5. The van der Waals surface area contributed by atoms with Crippen LogP contribution >= 0.6 is 11.6 Å². The van der Waals surface area contributed by atoms with Gasteiger partial charge >= 0.3 is 0 Å². The number of hydrogen-bond acceptors (Lipinski definition) is 6. The van der Waals surface area contributed by atoms with Crippen molar-refractivity contribution in [3.8, 4) is 11.5 Å². The second-order valence-electron chi connectivity index (χ2n) is 9.41. The first kappa shape index (κ1) is 25.8. The van der Waals surface area contributed by atoms with E-state index in [1.54, 1.807) is 24.3 Å². The highest BCUT2D eigenvalue weighted by molar-refractivity contribution is 6.30. The summed E-state index contributed by atoms with van der Waals surface area (Å²) in [6.45, 7) is 5.04. The van der Waals surface area contributed by atoms with E-state index < -0.39 is 5.60 Å². The highest BCUT2D eigenvalue weighted by Gasteiger charge is 2.33. The smallest absolute Gasteiger partial charge is 0.222 e. The molecule has 4 rings (SSSR count). The Balaban J connectivity index is 1.22. The number of β-amino-alcohol motifs (C(OH)–C–C–N with tert-alkyl or cyclic N) is 1. The third-order valence-electron chi connectivity index (χ3n) is 6.35. The number of amides is 1. The standard InChI is InChI=1S/C27H35ClN2O5/c28-23-7-11-25(12-8-23)35-21-27(32)19-29(15-17-33-20-27)18-22-5-9-24(10-6-22)34-16-3-14-30-13-2-1-4-26(30)31/h5-12,32H,1-4,13-21H2/t27-/m0/s1. The van der Waals surface area contributed by atoms with E-state index in [1.807, 2.05) is 17.0 Å². The second-order valence-corrected chi connectivity index (χ2v) is 9.85. The number of carbonyl (C=O) groups excluding carboxylic acids is 1. The minimum Gasteiger partial charge on any atom is -0.494 e. The van der Waals surface area contributed by atoms with Gasteiger partial charge in [-0.05, 0) is 61.2 Å². The zero-order valence-electron chi connectivity index (χ0n) is 20.2. The van der Waals surface area contributed by atoms with Crippen LogP contribution in [0.4, 0.5) is 0 Å². The Labute approximate surface area is 212 Å². The molecule has 0 bridgehead atoms. The summed E-state index contributed by atoms with van der Waals surface area (Å²) in [7, 11) is 0. The summed E-state index contributed by atoms with van der Waals surface area (Å²) in [5.74, 6) is 1.76. The number of rotatable bonds is 10. The molecule has 0 saturated carbocycles. The van der Waals surface area contributed by atoms with Gasteiger partial charge in [-0.3, -0.25) is 9.69 Å². The molecule has 2 aliphatic heterocycles.